The lowest BCUT2D eigenvalue weighted by Crippen LogP contribution is -2.40. The number of thiophene rings is 1. The molecule has 0 fully saturated rings. The number of rotatable bonds is 9. The fraction of sp³-hybridized carbons (Fsp3) is 0.471. The van der Waals surface area contributed by atoms with Crippen LogP contribution >= 0.6 is 47.1 Å². The van der Waals surface area contributed by atoms with Crippen molar-refractivity contribution in [3.63, 3.8) is 0 Å². The van der Waals surface area contributed by atoms with Gasteiger partial charge < -0.3 is 20.2 Å². The minimum absolute atomic E-state index is 0. The second-order valence-electron chi connectivity index (χ2n) is 5.59. The molecular weight excluding hydrogens is 469 g/mol. The SMILES string of the molecule is CSCCNC(=NCC(C)(O)c1cccs1)NCCc1ccco1.I. The molecule has 0 aliphatic heterocycles. The van der Waals surface area contributed by atoms with Crippen molar-refractivity contribution in [3.8, 4) is 0 Å². The molecule has 2 aromatic heterocycles. The number of aliphatic hydroxyl groups is 1. The number of nitrogens with one attached hydrogen (secondary N) is 2. The summed E-state index contributed by atoms with van der Waals surface area (Å²) in [6.07, 6.45) is 4.54. The van der Waals surface area contributed by atoms with Gasteiger partial charge >= 0.3 is 0 Å². The Morgan fingerprint density at radius 1 is 1.32 bits per heavy atom. The van der Waals surface area contributed by atoms with Crippen molar-refractivity contribution in [2.75, 3.05) is 31.6 Å². The molecule has 8 heteroatoms. The van der Waals surface area contributed by atoms with Gasteiger partial charge in [-0.3, -0.25) is 0 Å². The number of guanidine groups is 1. The van der Waals surface area contributed by atoms with Crippen LogP contribution in [-0.2, 0) is 12.0 Å². The summed E-state index contributed by atoms with van der Waals surface area (Å²) in [7, 11) is 0. The van der Waals surface area contributed by atoms with E-state index in [1.165, 1.54) is 0 Å². The number of halogens is 1. The van der Waals surface area contributed by atoms with Crippen LogP contribution in [0.4, 0.5) is 0 Å². The summed E-state index contributed by atoms with van der Waals surface area (Å²) in [4.78, 5) is 5.47. The number of hydrogen-bond acceptors (Lipinski definition) is 5. The Labute approximate surface area is 174 Å². The van der Waals surface area contributed by atoms with Crippen molar-refractivity contribution in [2.24, 2.45) is 4.99 Å². The summed E-state index contributed by atoms with van der Waals surface area (Å²) in [5.41, 5.74) is -0.955. The molecule has 0 bridgehead atoms. The zero-order valence-electron chi connectivity index (χ0n) is 14.5. The van der Waals surface area contributed by atoms with E-state index in [0.717, 1.165) is 35.9 Å². The van der Waals surface area contributed by atoms with Crippen LogP contribution in [0, 0.1) is 0 Å². The van der Waals surface area contributed by atoms with Gasteiger partial charge in [0.2, 0.25) is 0 Å². The zero-order chi connectivity index (χ0) is 17.3. The average molecular weight is 495 g/mol. The standard InChI is InChI=1S/C17H25N3O2S2.HI/c1-17(21,15-6-4-11-24-15)13-20-16(19-9-12-23-2)18-8-7-14-5-3-10-22-14;/h3-6,10-11,21H,7-9,12-13H2,1-2H3,(H2,18,19,20);1H. The van der Waals surface area contributed by atoms with Crippen LogP contribution in [0.3, 0.4) is 0 Å². The van der Waals surface area contributed by atoms with Crippen molar-refractivity contribution < 1.29 is 9.52 Å². The number of furan rings is 1. The summed E-state index contributed by atoms with van der Waals surface area (Å²) in [5, 5.41) is 19.2. The maximum atomic E-state index is 10.6. The third-order valence-electron chi connectivity index (χ3n) is 3.44. The van der Waals surface area contributed by atoms with Crippen LogP contribution in [0.15, 0.2) is 45.3 Å². The van der Waals surface area contributed by atoms with Gasteiger partial charge in [0.25, 0.3) is 0 Å². The van der Waals surface area contributed by atoms with Gasteiger partial charge in [-0.15, -0.1) is 35.3 Å². The van der Waals surface area contributed by atoms with Crippen LogP contribution in [0.5, 0.6) is 0 Å². The monoisotopic (exact) mass is 495 g/mol. The first-order chi connectivity index (χ1) is 11.6. The van der Waals surface area contributed by atoms with Crippen LogP contribution in [0.2, 0.25) is 0 Å². The first-order valence-electron chi connectivity index (χ1n) is 7.91. The van der Waals surface area contributed by atoms with Gasteiger partial charge in [-0.1, -0.05) is 6.07 Å². The molecule has 0 amide bonds. The maximum absolute atomic E-state index is 10.6. The number of nitrogens with zero attached hydrogens (tertiary/aromatic N) is 1. The number of hydrogen-bond donors (Lipinski definition) is 3. The third-order valence-corrected chi connectivity index (χ3v) is 5.17. The first kappa shape index (κ1) is 22.3. The fourth-order valence-electron chi connectivity index (χ4n) is 2.10. The van der Waals surface area contributed by atoms with E-state index in [1.54, 1.807) is 36.3 Å². The van der Waals surface area contributed by atoms with E-state index >= 15 is 0 Å². The van der Waals surface area contributed by atoms with E-state index in [-0.39, 0.29) is 24.0 Å². The summed E-state index contributed by atoms with van der Waals surface area (Å²) < 4.78 is 5.33. The lowest BCUT2D eigenvalue weighted by Gasteiger charge is -2.20. The van der Waals surface area contributed by atoms with Gasteiger partial charge in [-0.05, 0) is 36.8 Å². The summed E-state index contributed by atoms with van der Waals surface area (Å²) >= 11 is 3.32. The van der Waals surface area contributed by atoms with E-state index in [0.29, 0.717) is 12.5 Å². The highest BCUT2D eigenvalue weighted by Gasteiger charge is 2.23. The van der Waals surface area contributed by atoms with Gasteiger partial charge in [0.1, 0.15) is 11.4 Å². The molecule has 140 valence electrons. The lowest BCUT2D eigenvalue weighted by atomic mass is 10.1. The molecule has 1 unspecified atom stereocenters. The Balaban J connectivity index is 0.00000312. The summed E-state index contributed by atoms with van der Waals surface area (Å²) in [5.74, 6) is 2.66. The normalized spacial score (nSPS) is 13.8. The molecular formula is C17H26IN3O2S2. The molecule has 0 spiro atoms. The molecule has 2 aromatic rings. The number of thioether (sulfide) groups is 1. The Morgan fingerprint density at radius 2 is 2.12 bits per heavy atom. The van der Waals surface area contributed by atoms with Gasteiger partial charge in [0.15, 0.2) is 5.96 Å². The van der Waals surface area contributed by atoms with Crippen molar-refractivity contribution in [1.29, 1.82) is 0 Å². The Kier molecular flexibility index (Phi) is 10.6. The Bertz CT molecular complexity index is 601. The van der Waals surface area contributed by atoms with Gasteiger partial charge in [-0.2, -0.15) is 11.8 Å². The zero-order valence-corrected chi connectivity index (χ0v) is 18.5. The van der Waals surface area contributed by atoms with Crippen LogP contribution < -0.4 is 10.6 Å². The highest BCUT2D eigenvalue weighted by atomic mass is 127. The minimum atomic E-state index is -0.955. The second kappa shape index (κ2) is 11.8. The first-order valence-corrected chi connectivity index (χ1v) is 10.2. The highest BCUT2D eigenvalue weighted by molar-refractivity contribution is 14.0. The Morgan fingerprint density at radius 3 is 2.76 bits per heavy atom. The summed E-state index contributed by atoms with van der Waals surface area (Å²) in [6, 6.07) is 7.73. The van der Waals surface area contributed by atoms with E-state index < -0.39 is 5.60 Å². The van der Waals surface area contributed by atoms with Crippen molar-refractivity contribution >= 4 is 53.0 Å². The quantitative estimate of drug-likeness (QED) is 0.216. The van der Waals surface area contributed by atoms with Crippen molar-refractivity contribution in [1.82, 2.24) is 10.6 Å². The fourth-order valence-corrected chi connectivity index (χ4v) is 3.19. The molecule has 0 radical (unpaired) electrons. The van der Waals surface area contributed by atoms with E-state index in [1.807, 2.05) is 29.6 Å². The average Bonchev–Trinajstić information content (AvgIpc) is 3.26. The van der Waals surface area contributed by atoms with Crippen molar-refractivity contribution in [3.05, 3.63) is 46.5 Å². The minimum Gasteiger partial charge on any atom is -0.469 e. The molecule has 1 atom stereocenters. The molecule has 2 rings (SSSR count). The van der Waals surface area contributed by atoms with Gasteiger partial charge in [0, 0.05) is 30.1 Å². The van der Waals surface area contributed by atoms with E-state index in [9.17, 15) is 5.11 Å². The maximum Gasteiger partial charge on any atom is 0.191 e. The van der Waals surface area contributed by atoms with Crippen LogP contribution in [0.1, 0.15) is 17.6 Å². The molecule has 0 aromatic carbocycles. The van der Waals surface area contributed by atoms with E-state index in [2.05, 4.69) is 21.9 Å². The molecule has 0 aliphatic carbocycles. The third kappa shape index (κ3) is 8.02. The molecule has 2 heterocycles. The Hall–Kier alpha value is -0.710. The predicted molar refractivity (Wildman–Crippen MR) is 118 cm³/mol. The molecule has 5 nitrogen and oxygen atoms in total. The number of aliphatic imine (C=N–C) groups is 1. The lowest BCUT2D eigenvalue weighted by molar-refractivity contribution is 0.0711. The molecule has 3 N–H and O–H groups in total. The molecule has 0 saturated carbocycles. The van der Waals surface area contributed by atoms with Crippen LogP contribution in [0.25, 0.3) is 0 Å². The summed E-state index contributed by atoms with van der Waals surface area (Å²) in [6.45, 7) is 3.65. The highest BCUT2D eigenvalue weighted by Crippen LogP contribution is 2.25. The smallest absolute Gasteiger partial charge is 0.191 e. The van der Waals surface area contributed by atoms with Crippen molar-refractivity contribution in [2.45, 2.75) is 18.9 Å². The van der Waals surface area contributed by atoms with E-state index in [4.69, 9.17) is 4.42 Å². The second-order valence-corrected chi connectivity index (χ2v) is 7.52. The van der Waals surface area contributed by atoms with Gasteiger partial charge in [-0.25, -0.2) is 4.99 Å². The molecule has 0 saturated heterocycles. The topological polar surface area (TPSA) is 69.8 Å². The predicted octanol–water partition coefficient (Wildman–Crippen LogP) is 3.31. The largest absolute Gasteiger partial charge is 0.469 e. The molecule has 0 aliphatic rings. The van der Waals surface area contributed by atoms with Gasteiger partial charge in [0.05, 0.1) is 12.8 Å². The van der Waals surface area contributed by atoms with Crippen LogP contribution in [-0.4, -0.2) is 42.7 Å². The molecule has 25 heavy (non-hydrogen) atoms.